The number of ether oxygens (including phenoxy) is 5. The Labute approximate surface area is 125 Å². The normalized spacial score (nSPS) is 22.9. The van der Waals surface area contributed by atoms with Gasteiger partial charge in [0, 0.05) is 0 Å². The summed E-state index contributed by atoms with van der Waals surface area (Å²) in [6.07, 6.45) is 0.0416. The molecule has 0 aromatic rings. The van der Waals surface area contributed by atoms with Crippen LogP contribution in [-0.2, 0) is 23.7 Å². The summed E-state index contributed by atoms with van der Waals surface area (Å²) in [5.41, 5.74) is 3.83. The van der Waals surface area contributed by atoms with Gasteiger partial charge >= 0.3 is 0 Å². The summed E-state index contributed by atoms with van der Waals surface area (Å²) in [5, 5.41) is 0. The van der Waals surface area contributed by atoms with Crippen LogP contribution < -0.4 is 18.1 Å². The molecule has 7 N–H and O–H groups in total. The molecule has 0 spiro atoms. The Morgan fingerprint density at radius 2 is 1.10 bits per heavy atom. The quantitative estimate of drug-likeness (QED) is 0.512. The first-order chi connectivity index (χ1) is 8.43. The molecule has 1 aliphatic rings. The lowest BCUT2D eigenvalue weighted by Gasteiger charge is -2.14. The smallest absolute Gasteiger partial charge is 0.129 e. The van der Waals surface area contributed by atoms with Gasteiger partial charge in [0.1, 0.15) is 12.6 Å². The lowest BCUT2D eigenvalue weighted by atomic mass is 10.4. The highest BCUT2D eigenvalue weighted by atomic mass is 35.5. The van der Waals surface area contributed by atoms with Crippen molar-refractivity contribution in [2.75, 3.05) is 66.0 Å². The van der Waals surface area contributed by atoms with Gasteiger partial charge in [-0.25, -0.2) is 0 Å². The van der Waals surface area contributed by atoms with E-state index in [0.29, 0.717) is 66.0 Å². The van der Waals surface area contributed by atoms with Crippen molar-refractivity contribution in [3.05, 3.63) is 0 Å². The fraction of sp³-hybridized carbons (Fsp3) is 1.00. The third-order valence-corrected chi connectivity index (χ3v) is 2.32. The molecule has 0 bridgehead atoms. The van der Waals surface area contributed by atoms with Crippen LogP contribution in [-0.4, -0.2) is 83.1 Å². The fourth-order valence-corrected chi connectivity index (χ4v) is 1.36. The SMILES string of the molecule is O.O.[Cl-].[NH3+]C[C@@H]1COCCOCCOCCOCCO1. The van der Waals surface area contributed by atoms with Gasteiger partial charge in [0.2, 0.25) is 0 Å². The molecule has 1 fully saturated rings. The second kappa shape index (κ2) is 19.0. The van der Waals surface area contributed by atoms with Gasteiger partial charge in [-0.3, -0.25) is 0 Å². The molecule has 1 atom stereocenters. The Bertz CT molecular complexity index is 163. The molecule has 0 amide bonds. The largest absolute Gasteiger partial charge is 1.00 e. The van der Waals surface area contributed by atoms with Crippen LogP contribution in [0.15, 0.2) is 0 Å². The van der Waals surface area contributed by atoms with Crippen LogP contribution in [0.4, 0.5) is 0 Å². The number of halogens is 1. The monoisotopic (exact) mass is 321 g/mol. The van der Waals surface area contributed by atoms with Crippen LogP contribution in [0.25, 0.3) is 0 Å². The first-order valence-electron chi connectivity index (χ1n) is 6.15. The van der Waals surface area contributed by atoms with Crippen molar-refractivity contribution in [2.24, 2.45) is 0 Å². The third kappa shape index (κ3) is 14.4. The van der Waals surface area contributed by atoms with Gasteiger partial charge in [-0.1, -0.05) is 0 Å². The fourth-order valence-electron chi connectivity index (χ4n) is 1.36. The van der Waals surface area contributed by atoms with E-state index in [0.717, 1.165) is 0 Å². The summed E-state index contributed by atoms with van der Waals surface area (Å²) in [4.78, 5) is 0. The summed E-state index contributed by atoms with van der Waals surface area (Å²) in [6, 6.07) is 0. The third-order valence-electron chi connectivity index (χ3n) is 2.32. The van der Waals surface area contributed by atoms with Crippen LogP contribution >= 0.6 is 0 Å². The van der Waals surface area contributed by atoms with Crippen molar-refractivity contribution in [2.45, 2.75) is 6.10 Å². The first kappa shape index (κ1) is 25.0. The predicted molar refractivity (Wildman–Crippen MR) is 68.0 cm³/mol. The number of quaternary nitrogens is 1. The topological polar surface area (TPSA) is 137 Å². The summed E-state index contributed by atoms with van der Waals surface area (Å²) in [5.74, 6) is 0. The van der Waals surface area contributed by atoms with Crippen molar-refractivity contribution < 1.29 is 52.8 Å². The summed E-state index contributed by atoms with van der Waals surface area (Å²) in [6.45, 7) is 5.96. The maximum Gasteiger partial charge on any atom is 0.129 e. The zero-order chi connectivity index (χ0) is 12.2. The maximum absolute atomic E-state index is 5.57. The zero-order valence-electron chi connectivity index (χ0n) is 11.8. The van der Waals surface area contributed by atoms with Crippen LogP contribution in [0, 0.1) is 0 Å². The second-order valence-electron chi connectivity index (χ2n) is 3.69. The van der Waals surface area contributed by atoms with E-state index in [9.17, 15) is 0 Å². The van der Waals surface area contributed by atoms with E-state index >= 15 is 0 Å². The van der Waals surface area contributed by atoms with E-state index < -0.39 is 0 Å². The Kier molecular flexibility index (Phi) is 23.7. The van der Waals surface area contributed by atoms with E-state index in [-0.39, 0.29) is 29.5 Å². The van der Waals surface area contributed by atoms with Gasteiger partial charge in [0.15, 0.2) is 0 Å². The number of rotatable bonds is 1. The molecule has 1 aliphatic heterocycles. The highest BCUT2D eigenvalue weighted by Crippen LogP contribution is 1.93. The van der Waals surface area contributed by atoms with Crippen LogP contribution in [0.5, 0.6) is 0 Å². The van der Waals surface area contributed by atoms with E-state index in [4.69, 9.17) is 23.7 Å². The molecule has 0 radical (unpaired) electrons. The first-order valence-corrected chi connectivity index (χ1v) is 6.15. The van der Waals surface area contributed by atoms with Crippen LogP contribution in [0.1, 0.15) is 0 Å². The minimum Gasteiger partial charge on any atom is -1.00 e. The minimum atomic E-state index is 0. The Balaban J connectivity index is -0.000000963. The Morgan fingerprint density at radius 3 is 1.55 bits per heavy atom. The maximum atomic E-state index is 5.57. The summed E-state index contributed by atoms with van der Waals surface area (Å²) < 4.78 is 27.0. The van der Waals surface area contributed by atoms with Gasteiger partial charge < -0.3 is 52.8 Å². The molecule has 8 nitrogen and oxygen atoms in total. The van der Waals surface area contributed by atoms with Crippen molar-refractivity contribution in [1.29, 1.82) is 0 Å². The molecule has 20 heavy (non-hydrogen) atoms. The molecular formula is C11H28ClNO7. The van der Waals surface area contributed by atoms with Crippen molar-refractivity contribution in [3.63, 3.8) is 0 Å². The van der Waals surface area contributed by atoms with Crippen LogP contribution in [0.3, 0.4) is 0 Å². The molecular weight excluding hydrogens is 294 g/mol. The summed E-state index contributed by atoms with van der Waals surface area (Å²) >= 11 is 0. The molecule has 0 aromatic carbocycles. The van der Waals surface area contributed by atoms with Crippen LogP contribution in [0.2, 0.25) is 0 Å². The minimum absolute atomic E-state index is 0. The lowest BCUT2D eigenvalue weighted by Crippen LogP contribution is -3.00. The van der Waals surface area contributed by atoms with Gasteiger partial charge in [0.05, 0.1) is 59.5 Å². The molecule has 9 heteroatoms. The molecule has 0 aromatic heterocycles. The van der Waals surface area contributed by atoms with E-state index in [1.807, 2.05) is 0 Å². The highest BCUT2D eigenvalue weighted by molar-refractivity contribution is 4.53. The lowest BCUT2D eigenvalue weighted by molar-refractivity contribution is -0.388. The zero-order valence-corrected chi connectivity index (χ0v) is 12.5. The Morgan fingerprint density at radius 1 is 0.700 bits per heavy atom. The van der Waals surface area contributed by atoms with E-state index in [1.165, 1.54) is 0 Å². The highest BCUT2D eigenvalue weighted by Gasteiger charge is 2.09. The van der Waals surface area contributed by atoms with Crippen molar-refractivity contribution in [1.82, 2.24) is 0 Å². The molecule has 0 unspecified atom stereocenters. The number of hydrogen-bond donors (Lipinski definition) is 1. The van der Waals surface area contributed by atoms with Crippen molar-refractivity contribution >= 4 is 0 Å². The van der Waals surface area contributed by atoms with Gasteiger partial charge in [-0.15, -0.1) is 0 Å². The summed E-state index contributed by atoms with van der Waals surface area (Å²) in [7, 11) is 0. The molecule has 1 rings (SSSR count). The van der Waals surface area contributed by atoms with E-state index in [2.05, 4.69) is 5.73 Å². The standard InChI is InChI=1S/C11H23NO5.ClH.2H2O/c12-9-11-10-16-6-5-14-2-1-13-3-4-15-7-8-17-11;;;/h11H,1-10,12H2;1H;2*1H2/t11-;;;/m1.../s1. The molecule has 1 heterocycles. The van der Waals surface area contributed by atoms with Gasteiger partial charge in [-0.05, 0) is 0 Å². The average molecular weight is 322 g/mol. The average Bonchev–Trinajstić information content (AvgIpc) is 2.36. The second-order valence-corrected chi connectivity index (χ2v) is 3.69. The molecule has 0 saturated carbocycles. The molecule has 0 aliphatic carbocycles. The van der Waals surface area contributed by atoms with Gasteiger partial charge in [-0.2, -0.15) is 0 Å². The van der Waals surface area contributed by atoms with Gasteiger partial charge in [0.25, 0.3) is 0 Å². The molecule has 1 saturated heterocycles. The Hall–Kier alpha value is -0.0300. The predicted octanol–water partition coefficient (Wildman–Crippen LogP) is -5.95. The number of hydrogen-bond acceptors (Lipinski definition) is 5. The molecule has 126 valence electrons. The van der Waals surface area contributed by atoms with E-state index in [1.54, 1.807) is 0 Å². The van der Waals surface area contributed by atoms with Crippen molar-refractivity contribution in [3.8, 4) is 0 Å².